The Labute approximate surface area is 324 Å². The summed E-state index contributed by atoms with van der Waals surface area (Å²) in [5.74, 6) is 0.586. The Bertz CT molecular complexity index is 2670. The molecule has 4 nitrogen and oxygen atoms in total. The average Bonchev–Trinajstić information content (AvgIpc) is 3.75. The molecule has 1 radical (unpaired) electrons. The Hall–Kier alpha value is -5.35. The Balaban J connectivity index is 0.000000184. The van der Waals surface area contributed by atoms with Crippen LogP contribution < -0.4 is 0 Å². The number of aryl methyl sites for hydroxylation is 1. The molecule has 0 amide bonds. The van der Waals surface area contributed by atoms with Crippen molar-refractivity contribution in [3.8, 4) is 22.5 Å². The summed E-state index contributed by atoms with van der Waals surface area (Å²) in [4.78, 5) is 9.17. The fourth-order valence-electron chi connectivity index (χ4n) is 7.22. The van der Waals surface area contributed by atoms with Crippen LogP contribution in [0.5, 0.6) is 0 Å². The molecule has 0 bridgehead atoms. The minimum Gasteiger partial charge on any atom is -0.501 e. The maximum atomic E-state index is 6.49. The van der Waals surface area contributed by atoms with Gasteiger partial charge in [0.05, 0.1) is 11.2 Å². The van der Waals surface area contributed by atoms with Gasteiger partial charge in [-0.05, 0) is 65.4 Å². The number of rotatable bonds is 6. The van der Waals surface area contributed by atoms with Gasteiger partial charge in [0.15, 0.2) is 0 Å². The number of benzene rings is 5. The molecule has 0 atom stereocenters. The van der Waals surface area contributed by atoms with Crippen molar-refractivity contribution in [1.82, 2.24) is 9.97 Å². The second-order valence-corrected chi connectivity index (χ2v) is 14.4. The van der Waals surface area contributed by atoms with Gasteiger partial charge in [-0.2, -0.15) is 0 Å². The van der Waals surface area contributed by atoms with Gasteiger partial charge in [-0.1, -0.05) is 140 Å². The monoisotopic (exact) mass is 869 g/mol. The molecule has 4 heterocycles. The third-order valence-electron chi connectivity index (χ3n) is 9.98. The molecular formula is C48H40IrN2O2-2. The number of nitrogens with zero attached hydrogens (tertiary/aromatic N) is 2. The van der Waals surface area contributed by atoms with Crippen molar-refractivity contribution in [1.29, 1.82) is 0 Å². The maximum absolute atomic E-state index is 6.49. The van der Waals surface area contributed by atoms with Gasteiger partial charge in [0.1, 0.15) is 11.2 Å². The molecule has 0 fully saturated rings. The van der Waals surface area contributed by atoms with Crippen molar-refractivity contribution in [2.75, 3.05) is 0 Å². The van der Waals surface area contributed by atoms with Crippen LogP contribution in [0.2, 0.25) is 0 Å². The smallest absolute Gasteiger partial charge is 0.120 e. The van der Waals surface area contributed by atoms with Gasteiger partial charge in [0, 0.05) is 43.3 Å². The summed E-state index contributed by atoms with van der Waals surface area (Å²) in [6.07, 6.45) is 4.80. The molecule has 0 aliphatic heterocycles. The van der Waals surface area contributed by atoms with E-state index < -0.39 is 0 Å². The third-order valence-corrected chi connectivity index (χ3v) is 9.98. The zero-order valence-electron chi connectivity index (χ0n) is 30.5. The molecular weight excluding hydrogens is 829 g/mol. The van der Waals surface area contributed by atoms with E-state index in [-0.39, 0.29) is 25.5 Å². The molecule has 9 aromatic rings. The van der Waals surface area contributed by atoms with E-state index >= 15 is 0 Å². The van der Waals surface area contributed by atoms with Crippen LogP contribution in [0.3, 0.4) is 0 Å². The number of aromatic nitrogens is 2. The van der Waals surface area contributed by atoms with Crippen LogP contribution in [-0.2, 0) is 31.9 Å². The van der Waals surface area contributed by atoms with E-state index in [1.165, 1.54) is 22.3 Å². The molecule has 5 aromatic carbocycles. The second-order valence-electron chi connectivity index (χ2n) is 14.4. The Morgan fingerprint density at radius 2 is 1.34 bits per heavy atom. The SMILES string of the molecule is Cc1cnc(-c2[c-]cc(C(C)(C)c3ccccc3)c3c2oc2ccccc23)cc1CC(C)C.[Ir].[c-]1ccc2c(oc3ccccc32)c1-c1ccccn1. The molecule has 0 unspecified atom stereocenters. The first-order chi connectivity index (χ1) is 25.3. The maximum Gasteiger partial charge on any atom is 0.120 e. The van der Waals surface area contributed by atoms with Crippen LogP contribution in [0.1, 0.15) is 49.9 Å². The van der Waals surface area contributed by atoms with Crippen LogP contribution in [-0.4, -0.2) is 9.97 Å². The molecule has 0 spiro atoms. The second kappa shape index (κ2) is 14.9. The van der Waals surface area contributed by atoms with E-state index in [9.17, 15) is 0 Å². The number of hydrogen-bond acceptors (Lipinski definition) is 4. The van der Waals surface area contributed by atoms with Crippen LogP contribution in [0.15, 0.2) is 143 Å². The predicted molar refractivity (Wildman–Crippen MR) is 213 cm³/mol. The Morgan fingerprint density at radius 1 is 0.679 bits per heavy atom. The molecule has 0 saturated carbocycles. The largest absolute Gasteiger partial charge is 0.501 e. The molecule has 265 valence electrons. The van der Waals surface area contributed by atoms with Gasteiger partial charge >= 0.3 is 0 Å². The van der Waals surface area contributed by atoms with Crippen LogP contribution in [0.25, 0.3) is 66.4 Å². The molecule has 4 aromatic heterocycles. The number of hydrogen-bond donors (Lipinski definition) is 0. The summed E-state index contributed by atoms with van der Waals surface area (Å²) in [6, 6.07) is 48.0. The average molecular weight is 869 g/mol. The minimum atomic E-state index is -0.204. The van der Waals surface area contributed by atoms with Gasteiger partial charge in [0.25, 0.3) is 0 Å². The molecule has 0 N–H and O–H groups in total. The van der Waals surface area contributed by atoms with Crippen molar-refractivity contribution < 1.29 is 28.9 Å². The Morgan fingerprint density at radius 3 is 2.08 bits per heavy atom. The van der Waals surface area contributed by atoms with Gasteiger partial charge < -0.3 is 18.8 Å². The normalized spacial score (nSPS) is 11.6. The Kier molecular flexibility index (Phi) is 10.2. The topological polar surface area (TPSA) is 52.1 Å². The molecule has 0 aliphatic carbocycles. The van der Waals surface area contributed by atoms with E-state index in [1.54, 1.807) is 6.20 Å². The van der Waals surface area contributed by atoms with Crippen molar-refractivity contribution in [2.45, 2.75) is 46.5 Å². The summed E-state index contributed by atoms with van der Waals surface area (Å²) in [5.41, 5.74) is 12.0. The number of para-hydroxylation sites is 2. The fraction of sp³-hybridized carbons (Fsp3) is 0.167. The first kappa shape index (κ1) is 36.0. The molecule has 9 rings (SSSR count). The zero-order chi connectivity index (χ0) is 35.8. The summed E-state index contributed by atoms with van der Waals surface area (Å²) in [7, 11) is 0. The van der Waals surface area contributed by atoms with Crippen LogP contribution in [0.4, 0.5) is 0 Å². The zero-order valence-corrected chi connectivity index (χ0v) is 32.9. The van der Waals surface area contributed by atoms with Crippen molar-refractivity contribution >= 4 is 43.9 Å². The molecule has 5 heteroatoms. The molecule has 0 saturated heterocycles. The summed E-state index contributed by atoms with van der Waals surface area (Å²) in [5, 5.41) is 4.52. The van der Waals surface area contributed by atoms with Crippen LogP contribution in [0, 0.1) is 25.0 Å². The van der Waals surface area contributed by atoms with E-state index in [4.69, 9.17) is 13.8 Å². The molecule has 53 heavy (non-hydrogen) atoms. The summed E-state index contributed by atoms with van der Waals surface area (Å²) >= 11 is 0. The van der Waals surface area contributed by atoms with Gasteiger partial charge in [-0.25, -0.2) is 0 Å². The predicted octanol–water partition coefficient (Wildman–Crippen LogP) is 12.7. The standard InChI is InChI=1S/C31H30NO.C17H10NO.Ir/c1-20(2)17-22-18-27(32-19-21(22)3)24-15-16-26(31(4,5)23-11-7-6-8-12-23)29-25-13-9-10-14-28(25)33-30(24)29;1-2-10-16-12(6-1)13-7-5-8-14(17(13)19-16)15-9-3-4-11-18-15;/h6-14,16,18-20H,17H2,1-5H3;1-7,9-11H;/q2*-1;. The minimum absolute atomic E-state index is 0. The quantitative estimate of drug-likeness (QED) is 0.156. The van der Waals surface area contributed by atoms with Gasteiger partial charge in [0.2, 0.25) is 0 Å². The van der Waals surface area contributed by atoms with Crippen molar-refractivity contribution in [3.63, 3.8) is 0 Å². The van der Waals surface area contributed by atoms with Gasteiger partial charge in [-0.3, -0.25) is 0 Å². The summed E-state index contributed by atoms with van der Waals surface area (Å²) < 4.78 is 12.5. The first-order valence-corrected chi connectivity index (χ1v) is 17.9. The number of pyridine rings is 2. The van der Waals surface area contributed by atoms with Crippen molar-refractivity contribution in [2.24, 2.45) is 5.92 Å². The van der Waals surface area contributed by atoms with E-state index in [2.05, 4.69) is 112 Å². The van der Waals surface area contributed by atoms with E-state index in [1.807, 2.05) is 66.9 Å². The van der Waals surface area contributed by atoms with Crippen molar-refractivity contribution in [3.05, 3.63) is 168 Å². The number of furan rings is 2. The first-order valence-electron chi connectivity index (χ1n) is 17.9. The van der Waals surface area contributed by atoms with E-state index in [0.717, 1.165) is 72.8 Å². The third kappa shape index (κ3) is 6.83. The summed E-state index contributed by atoms with van der Waals surface area (Å²) in [6.45, 7) is 11.2. The fourth-order valence-corrected chi connectivity index (χ4v) is 7.22. The van der Waals surface area contributed by atoms with Gasteiger partial charge in [-0.15, -0.1) is 35.9 Å². The number of fused-ring (bicyclic) bond motifs is 6. The van der Waals surface area contributed by atoms with E-state index in [0.29, 0.717) is 5.92 Å². The van der Waals surface area contributed by atoms with Crippen LogP contribution >= 0.6 is 0 Å². The molecule has 0 aliphatic rings.